The average molecular weight is 714 g/mol. The number of carbonyl (C=O) groups is 1. The highest BCUT2D eigenvalue weighted by Crippen LogP contribution is 2.40. The first-order chi connectivity index (χ1) is 25.5. The first kappa shape index (κ1) is 35.0. The van der Waals surface area contributed by atoms with E-state index in [-0.39, 0.29) is 24.8 Å². The number of carbonyl (C=O) groups excluding carboxylic acids is 1. The van der Waals surface area contributed by atoms with Crippen LogP contribution in [0.4, 0.5) is 10.5 Å². The van der Waals surface area contributed by atoms with Crippen molar-refractivity contribution >= 4 is 23.5 Å². The van der Waals surface area contributed by atoms with Crippen molar-refractivity contribution in [3.8, 4) is 22.6 Å². The van der Waals surface area contributed by atoms with Crippen LogP contribution in [-0.4, -0.2) is 37.8 Å². The van der Waals surface area contributed by atoms with E-state index in [1.54, 1.807) is 30.2 Å². The van der Waals surface area contributed by atoms with Crippen LogP contribution in [-0.2, 0) is 29.7 Å². The Labute approximate surface area is 306 Å². The molecule has 10 nitrogen and oxygen atoms in total. The summed E-state index contributed by atoms with van der Waals surface area (Å²) in [6.07, 6.45) is 1.51. The van der Waals surface area contributed by atoms with Gasteiger partial charge in [0.1, 0.15) is 17.8 Å². The zero-order valence-corrected chi connectivity index (χ0v) is 29.4. The molecular weight excluding hydrogens is 675 g/mol. The summed E-state index contributed by atoms with van der Waals surface area (Å²) in [5.41, 5.74) is 6.47. The number of urea groups is 1. The van der Waals surface area contributed by atoms with Crippen LogP contribution >= 0.6 is 11.8 Å². The van der Waals surface area contributed by atoms with Gasteiger partial charge in [0, 0.05) is 37.0 Å². The van der Waals surface area contributed by atoms with Crippen LogP contribution in [0.25, 0.3) is 11.1 Å². The van der Waals surface area contributed by atoms with Crippen molar-refractivity contribution in [1.82, 2.24) is 20.1 Å². The van der Waals surface area contributed by atoms with E-state index >= 15 is 0 Å². The van der Waals surface area contributed by atoms with E-state index in [0.29, 0.717) is 30.2 Å². The fourth-order valence-electron chi connectivity index (χ4n) is 5.95. The number of nitrogens with zero attached hydrogens (tertiary/aromatic N) is 3. The van der Waals surface area contributed by atoms with Crippen LogP contribution in [0.2, 0.25) is 0 Å². The molecular formula is C41H39N5O5S. The van der Waals surface area contributed by atoms with E-state index < -0.39 is 6.29 Å². The predicted octanol–water partition coefficient (Wildman–Crippen LogP) is 8.43. The zero-order chi connectivity index (χ0) is 35.7. The monoisotopic (exact) mass is 713 g/mol. The summed E-state index contributed by atoms with van der Waals surface area (Å²) in [6, 6.07) is 40.6. The predicted molar refractivity (Wildman–Crippen MR) is 201 cm³/mol. The maximum Gasteiger partial charge on any atom is 0.319 e. The van der Waals surface area contributed by atoms with Gasteiger partial charge in [-0.1, -0.05) is 103 Å². The van der Waals surface area contributed by atoms with Gasteiger partial charge in [0.25, 0.3) is 0 Å². The van der Waals surface area contributed by atoms with Crippen LogP contribution in [0.15, 0.2) is 139 Å². The largest absolute Gasteiger partial charge is 0.457 e. The van der Waals surface area contributed by atoms with Crippen molar-refractivity contribution in [1.29, 1.82) is 0 Å². The van der Waals surface area contributed by atoms with Crippen molar-refractivity contribution in [2.45, 2.75) is 43.2 Å². The molecule has 1 aromatic heterocycles. The van der Waals surface area contributed by atoms with Gasteiger partial charge in [-0.25, -0.2) is 4.79 Å². The van der Waals surface area contributed by atoms with Gasteiger partial charge in [0.15, 0.2) is 11.4 Å². The maximum atomic E-state index is 12.8. The topological polar surface area (TPSA) is 120 Å². The molecule has 5 aromatic carbocycles. The summed E-state index contributed by atoms with van der Waals surface area (Å²) in [5.74, 6) is 2.13. The van der Waals surface area contributed by atoms with Gasteiger partial charge < -0.3 is 34.5 Å². The number of nitrogens with one attached hydrogen (secondary N) is 2. The number of rotatable bonds is 12. The van der Waals surface area contributed by atoms with Crippen molar-refractivity contribution < 1.29 is 24.1 Å². The van der Waals surface area contributed by atoms with E-state index in [1.165, 1.54) is 0 Å². The van der Waals surface area contributed by atoms with Crippen LogP contribution < -0.4 is 15.4 Å². The van der Waals surface area contributed by atoms with E-state index in [4.69, 9.17) is 14.2 Å². The number of thioether (sulfide) groups is 1. The number of aliphatic hydroxyl groups is 1. The lowest BCUT2D eigenvalue weighted by atomic mass is 9.98. The molecule has 11 heteroatoms. The van der Waals surface area contributed by atoms with E-state index in [9.17, 15) is 9.90 Å². The Kier molecular flexibility index (Phi) is 11.2. The summed E-state index contributed by atoms with van der Waals surface area (Å²) in [6.45, 7) is 0.336. The van der Waals surface area contributed by atoms with Crippen LogP contribution in [0.5, 0.6) is 11.5 Å². The highest BCUT2D eigenvalue weighted by Gasteiger charge is 2.32. The van der Waals surface area contributed by atoms with E-state index in [0.717, 1.165) is 44.3 Å². The summed E-state index contributed by atoms with van der Waals surface area (Å²) in [7, 11) is 1.93. The van der Waals surface area contributed by atoms with E-state index in [2.05, 4.69) is 39.0 Å². The molecule has 0 bridgehead atoms. The number of amides is 2. The minimum atomic E-state index is -0.574. The summed E-state index contributed by atoms with van der Waals surface area (Å²) in [5, 5.41) is 24.5. The molecule has 1 fully saturated rings. The third-order valence-corrected chi connectivity index (χ3v) is 9.89. The minimum absolute atomic E-state index is 0.00622. The molecule has 2 heterocycles. The standard InChI is InChI=1S/C41H39N5O5S/c1-46-27-43-45-41(46)52-26-36-23-38(30-13-11-28(25-47)12-14-30)51-39(50-36)31-17-15-29(16-18-31)37-10-6-5-7-32(37)24-42-40(48)44-33-19-21-35(22-20-33)49-34-8-3-2-4-9-34/h2-22,27,36,38-39,47H,23-26H2,1H3,(H2,42,44,48)/t36-,38+,39+/m1/s1. The number of hydrogen-bond acceptors (Lipinski definition) is 8. The molecule has 7 rings (SSSR count). The molecule has 3 atom stereocenters. The first-order valence-electron chi connectivity index (χ1n) is 17.0. The Bertz CT molecular complexity index is 2060. The Morgan fingerprint density at radius 3 is 2.31 bits per heavy atom. The van der Waals surface area contributed by atoms with Crippen molar-refractivity contribution in [2.24, 2.45) is 7.05 Å². The number of benzene rings is 5. The van der Waals surface area contributed by atoms with Gasteiger partial charge in [-0.3, -0.25) is 0 Å². The second kappa shape index (κ2) is 16.7. The third-order valence-electron chi connectivity index (χ3n) is 8.72. The molecule has 2 amide bonds. The molecule has 0 unspecified atom stereocenters. The molecule has 1 aliphatic heterocycles. The molecule has 3 N–H and O–H groups in total. The minimum Gasteiger partial charge on any atom is -0.457 e. The lowest BCUT2D eigenvalue weighted by molar-refractivity contribution is -0.245. The molecule has 52 heavy (non-hydrogen) atoms. The number of aromatic nitrogens is 3. The Hall–Kier alpha value is -5.46. The lowest BCUT2D eigenvalue weighted by Crippen LogP contribution is -2.31. The molecule has 0 saturated carbocycles. The fourth-order valence-corrected chi connectivity index (χ4v) is 6.86. The SMILES string of the molecule is Cn1cnnc1SC[C@H]1C[C@@H](c2ccc(CO)cc2)O[C@@H](c2ccc(-c3ccccc3CNC(=O)Nc3ccc(Oc4ccccc4)cc3)cc2)O1. The quantitative estimate of drug-likeness (QED) is 0.108. The molecule has 1 aliphatic rings. The number of anilines is 1. The second-order valence-corrected chi connectivity index (χ2v) is 13.4. The smallest absolute Gasteiger partial charge is 0.319 e. The third kappa shape index (κ3) is 8.87. The van der Waals surface area contributed by atoms with E-state index in [1.807, 2.05) is 109 Å². The number of aliphatic hydroxyl groups excluding tert-OH is 1. The Morgan fingerprint density at radius 2 is 1.58 bits per heavy atom. The fraction of sp³-hybridized carbons (Fsp3) is 0.195. The highest BCUT2D eigenvalue weighted by atomic mass is 32.2. The molecule has 1 saturated heterocycles. The number of para-hydroxylation sites is 1. The number of ether oxygens (including phenoxy) is 3. The summed E-state index contributed by atoms with van der Waals surface area (Å²) < 4.78 is 20.8. The Morgan fingerprint density at radius 1 is 0.865 bits per heavy atom. The Balaban J connectivity index is 0.999. The van der Waals surface area contributed by atoms with Gasteiger partial charge in [0.05, 0.1) is 18.8 Å². The van der Waals surface area contributed by atoms with Gasteiger partial charge in [-0.15, -0.1) is 10.2 Å². The molecule has 264 valence electrons. The van der Waals surface area contributed by atoms with Crippen LogP contribution in [0, 0.1) is 0 Å². The van der Waals surface area contributed by atoms with Crippen molar-refractivity contribution in [3.05, 3.63) is 156 Å². The lowest BCUT2D eigenvalue weighted by Gasteiger charge is -2.36. The van der Waals surface area contributed by atoms with Gasteiger partial charge in [-0.2, -0.15) is 0 Å². The maximum absolute atomic E-state index is 12.8. The molecule has 0 radical (unpaired) electrons. The summed E-state index contributed by atoms with van der Waals surface area (Å²) in [4.78, 5) is 12.8. The van der Waals surface area contributed by atoms with Crippen molar-refractivity contribution in [3.63, 3.8) is 0 Å². The average Bonchev–Trinajstić information content (AvgIpc) is 3.61. The second-order valence-electron chi connectivity index (χ2n) is 12.4. The molecule has 0 spiro atoms. The number of aryl methyl sites for hydroxylation is 1. The summed E-state index contributed by atoms with van der Waals surface area (Å²) >= 11 is 1.61. The van der Waals surface area contributed by atoms with Crippen LogP contribution in [0.1, 0.15) is 41.1 Å². The van der Waals surface area contributed by atoms with Crippen LogP contribution in [0.3, 0.4) is 0 Å². The van der Waals surface area contributed by atoms with Crippen molar-refractivity contribution in [2.75, 3.05) is 11.1 Å². The molecule has 0 aliphatic carbocycles. The highest BCUT2D eigenvalue weighted by molar-refractivity contribution is 7.99. The van der Waals surface area contributed by atoms with Gasteiger partial charge in [-0.05, 0) is 64.2 Å². The van der Waals surface area contributed by atoms with Gasteiger partial charge >= 0.3 is 6.03 Å². The van der Waals surface area contributed by atoms with Gasteiger partial charge in [0.2, 0.25) is 0 Å². The normalized spacial score (nSPS) is 17.0. The first-order valence-corrected chi connectivity index (χ1v) is 18.0. The molecule has 6 aromatic rings. The number of hydrogen-bond donors (Lipinski definition) is 3. The zero-order valence-electron chi connectivity index (χ0n) is 28.6.